The van der Waals surface area contributed by atoms with Crippen LogP contribution in [0.1, 0.15) is 11.1 Å². The molecule has 0 saturated heterocycles. The normalized spacial score (nSPS) is 10.5. The van der Waals surface area contributed by atoms with Crippen LogP contribution in [0.2, 0.25) is 0 Å². The second kappa shape index (κ2) is 5.23. The minimum absolute atomic E-state index is 0.231. The van der Waals surface area contributed by atoms with E-state index in [-0.39, 0.29) is 5.82 Å². The predicted molar refractivity (Wildman–Crippen MR) is 71.6 cm³/mol. The summed E-state index contributed by atoms with van der Waals surface area (Å²) in [5.74, 6) is 0.389. The Balaban J connectivity index is 2.07. The fourth-order valence-electron chi connectivity index (χ4n) is 1.55. The van der Waals surface area contributed by atoms with Crippen molar-refractivity contribution in [2.24, 2.45) is 0 Å². The third-order valence-electron chi connectivity index (χ3n) is 2.46. The van der Waals surface area contributed by atoms with Gasteiger partial charge in [0, 0.05) is 16.3 Å². The Morgan fingerprint density at radius 3 is 2.71 bits per heavy atom. The molecule has 0 aliphatic carbocycles. The number of hydrogen-bond donors (Lipinski definition) is 1. The van der Waals surface area contributed by atoms with Gasteiger partial charge in [-0.25, -0.2) is 4.39 Å². The Morgan fingerprint density at radius 1 is 1.18 bits per heavy atom. The highest BCUT2D eigenvalue weighted by Crippen LogP contribution is 2.25. The first kappa shape index (κ1) is 12.0. The van der Waals surface area contributed by atoms with Crippen molar-refractivity contribution in [1.29, 1.82) is 0 Å². The maximum absolute atomic E-state index is 13.5. The van der Waals surface area contributed by atoms with Crippen LogP contribution in [0.3, 0.4) is 0 Å². The van der Waals surface area contributed by atoms with E-state index in [9.17, 15) is 4.39 Å². The molecule has 0 spiro atoms. The summed E-state index contributed by atoms with van der Waals surface area (Å²) in [5.41, 5.74) is 7.87. The molecule has 0 aliphatic rings. The quantitative estimate of drug-likeness (QED) is 0.655. The number of hydrogen-bond acceptors (Lipinski definition) is 2. The minimum Gasteiger partial charge on any atom is -0.399 e. The first-order chi connectivity index (χ1) is 8.15. The van der Waals surface area contributed by atoms with E-state index in [1.165, 1.54) is 11.6 Å². The summed E-state index contributed by atoms with van der Waals surface area (Å²) >= 11 is 1.63. The summed E-state index contributed by atoms with van der Waals surface area (Å²) in [6.45, 7) is 2.05. The van der Waals surface area contributed by atoms with Gasteiger partial charge in [0.25, 0.3) is 0 Å². The molecule has 0 atom stereocenters. The molecule has 2 aromatic rings. The molecule has 17 heavy (non-hydrogen) atoms. The summed E-state index contributed by atoms with van der Waals surface area (Å²) in [6, 6.07) is 13.0. The lowest BCUT2D eigenvalue weighted by Crippen LogP contribution is -1.91. The minimum atomic E-state index is -0.231. The lowest BCUT2D eigenvalue weighted by Gasteiger charge is -2.05. The van der Waals surface area contributed by atoms with Crippen LogP contribution in [0.4, 0.5) is 10.1 Å². The van der Waals surface area contributed by atoms with Crippen LogP contribution >= 0.6 is 11.8 Å². The molecule has 2 rings (SSSR count). The van der Waals surface area contributed by atoms with E-state index in [4.69, 9.17) is 5.73 Å². The van der Waals surface area contributed by atoms with Crippen molar-refractivity contribution in [2.45, 2.75) is 17.6 Å². The molecule has 1 nitrogen and oxygen atoms in total. The third kappa shape index (κ3) is 3.24. The van der Waals surface area contributed by atoms with E-state index in [1.54, 1.807) is 23.9 Å². The Bertz CT molecular complexity index is 525. The lowest BCUT2D eigenvalue weighted by molar-refractivity contribution is 0.618. The smallest absolute Gasteiger partial charge is 0.129 e. The van der Waals surface area contributed by atoms with E-state index in [1.807, 2.05) is 25.1 Å². The van der Waals surface area contributed by atoms with Crippen LogP contribution in [0.5, 0.6) is 0 Å². The van der Waals surface area contributed by atoms with Crippen LogP contribution < -0.4 is 5.73 Å². The van der Waals surface area contributed by atoms with Gasteiger partial charge in [0.05, 0.1) is 0 Å². The molecular weight excluding hydrogens is 233 g/mol. The highest BCUT2D eigenvalue weighted by Gasteiger charge is 2.03. The Hall–Kier alpha value is -1.48. The average molecular weight is 247 g/mol. The molecule has 88 valence electrons. The highest BCUT2D eigenvalue weighted by atomic mass is 32.2. The molecule has 0 aliphatic heterocycles. The monoisotopic (exact) mass is 247 g/mol. The number of aryl methyl sites for hydroxylation is 1. The van der Waals surface area contributed by atoms with Gasteiger partial charge in [0.15, 0.2) is 0 Å². The molecular formula is C14H14FNS. The molecule has 2 aromatic carbocycles. The fraction of sp³-hybridized carbons (Fsp3) is 0.143. The van der Waals surface area contributed by atoms with E-state index in [0.29, 0.717) is 17.0 Å². The van der Waals surface area contributed by atoms with Gasteiger partial charge in [-0.3, -0.25) is 0 Å². The fourth-order valence-corrected chi connectivity index (χ4v) is 2.55. The maximum Gasteiger partial charge on any atom is 0.129 e. The summed E-state index contributed by atoms with van der Waals surface area (Å²) < 4.78 is 13.5. The number of benzene rings is 2. The standard InChI is InChI=1S/C14H14FNS/c1-10-3-2-4-13(7-10)17-9-11-5-6-12(16)8-14(11)15/h2-8H,9,16H2,1H3. The van der Waals surface area contributed by atoms with Crippen molar-refractivity contribution < 1.29 is 4.39 Å². The van der Waals surface area contributed by atoms with Crippen molar-refractivity contribution in [2.75, 3.05) is 5.73 Å². The van der Waals surface area contributed by atoms with Crippen molar-refractivity contribution >= 4 is 17.4 Å². The molecule has 0 radical (unpaired) electrons. The number of nitrogen functional groups attached to an aromatic ring is 1. The molecule has 2 N–H and O–H groups in total. The topological polar surface area (TPSA) is 26.0 Å². The molecule has 0 unspecified atom stereocenters. The van der Waals surface area contributed by atoms with Gasteiger partial charge in [0.1, 0.15) is 5.82 Å². The van der Waals surface area contributed by atoms with Crippen LogP contribution in [0.15, 0.2) is 47.4 Å². The van der Waals surface area contributed by atoms with Gasteiger partial charge < -0.3 is 5.73 Å². The Morgan fingerprint density at radius 2 is 2.00 bits per heavy atom. The number of rotatable bonds is 3. The maximum atomic E-state index is 13.5. The second-order valence-corrected chi connectivity index (χ2v) is 5.00. The van der Waals surface area contributed by atoms with Crippen molar-refractivity contribution in [3.63, 3.8) is 0 Å². The van der Waals surface area contributed by atoms with E-state index >= 15 is 0 Å². The molecule has 0 bridgehead atoms. The van der Waals surface area contributed by atoms with Gasteiger partial charge in [-0.1, -0.05) is 23.8 Å². The predicted octanol–water partition coefficient (Wildman–Crippen LogP) is 4.01. The zero-order chi connectivity index (χ0) is 12.3. The molecule has 3 heteroatoms. The summed E-state index contributed by atoms with van der Waals surface area (Å²) in [4.78, 5) is 1.15. The zero-order valence-corrected chi connectivity index (χ0v) is 10.4. The van der Waals surface area contributed by atoms with Gasteiger partial charge in [-0.2, -0.15) is 0 Å². The van der Waals surface area contributed by atoms with Crippen LogP contribution in [0, 0.1) is 12.7 Å². The molecule has 0 fully saturated rings. The van der Waals surface area contributed by atoms with Gasteiger partial charge in [0.2, 0.25) is 0 Å². The van der Waals surface area contributed by atoms with Crippen molar-refractivity contribution in [3.05, 3.63) is 59.4 Å². The van der Waals surface area contributed by atoms with Crippen molar-refractivity contribution in [1.82, 2.24) is 0 Å². The molecule has 0 aromatic heterocycles. The summed E-state index contributed by atoms with van der Waals surface area (Å²) in [5, 5.41) is 0. The molecule has 0 heterocycles. The van der Waals surface area contributed by atoms with Gasteiger partial charge in [-0.15, -0.1) is 11.8 Å². The van der Waals surface area contributed by atoms with Gasteiger partial charge >= 0.3 is 0 Å². The number of halogens is 1. The lowest BCUT2D eigenvalue weighted by atomic mass is 10.2. The largest absolute Gasteiger partial charge is 0.399 e. The molecule has 0 saturated carbocycles. The van der Waals surface area contributed by atoms with Gasteiger partial charge in [-0.05, 0) is 36.8 Å². The second-order valence-electron chi connectivity index (χ2n) is 3.96. The van der Waals surface area contributed by atoms with E-state index in [2.05, 4.69) is 6.07 Å². The van der Waals surface area contributed by atoms with E-state index < -0.39 is 0 Å². The van der Waals surface area contributed by atoms with Crippen molar-refractivity contribution in [3.8, 4) is 0 Å². The average Bonchev–Trinajstić information content (AvgIpc) is 2.28. The highest BCUT2D eigenvalue weighted by molar-refractivity contribution is 7.98. The first-order valence-electron chi connectivity index (χ1n) is 5.38. The summed E-state index contributed by atoms with van der Waals surface area (Å²) in [7, 11) is 0. The number of thioether (sulfide) groups is 1. The summed E-state index contributed by atoms with van der Waals surface area (Å²) in [6.07, 6.45) is 0. The van der Waals surface area contributed by atoms with Crippen LogP contribution in [0.25, 0.3) is 0 Å². The Kier molecular flexibility index (Phi) is 3.69. The zero-order valence-electron chi connectivity index (χ0n) is 9.61. The van der Waals surface area contributed by atoms with E-state index in [0.717, 1.165) is 4.90 Å². The third-order valence-corrected chi connectivity index (χ3v) is 3.50. The van der Waals surface area contributed by atoms with Crippen LogP contribution in [-0.2, 0) is 5.75 Å². The number of anilines is 1. The molecule has 0 amide bonds. The Labute approximate surface area is 105 Å². The first-order valence-corrected chi connectivity index (χ1v) is 6.37. The number of nitrogens with two attached hydrogens (primary N) is 1. The SMILES string of the molecule is Cc1cccc(SCc2ccc(N)cc2F)c1. The van der Waals surface area contributed by atoms with Crippen LogP contribution in [-0.4, -0.2) is 0 Å².